The third kappa shape index (κ3) is 3.58. The normalized spacial score (nSPS) is 17.2. The predicted octanol–water partition coefficient (Wildman–Crippen LogP) is 5.54. The van der Waals surface area contributed by atoms with Crippen molar-refractivity contribution >= 4 is 11.7 Å². The van der Waals surface area contributed by atoms with Gasteiger partial charge in [-0.1, -0.05) is 30.3 Å². The Labute approximate surface area is 202 Å². The van der Waals surface area contributed by atoms with Gasteiger partial charge in [-0.25, -0.2) is 9.37 Å². The van der Waals surface area contributed by atoms with Crippen LogP contribution in [0.4, 0.5) is 10.2 Å². The van der Waals surface area contributed by atoms with Gasteiger partial charge >= 0.3 is 0 Å². The van der Waals surface area contributed by atoms with Crippen LogP contribution in [0.25, 0.3) is 11.1 Å². The second kappa shape index (κ2) is 8.03. The second-order valence-corrected chi connectivity index (χ2v) is 9.20. The molecule has 0 radical (unpaired) electrons. The maximum absolute atomic E-state index is 13.4. The molecule has 0 saturated carbocycles. The van der Waals surface area contributed by atoms with Gasteiger partial charge in [0.25, 0.3) is 5.91 Å². The van der Waals surface area contributed by atoms with Crippen LogP contribution >= 0.6 is 0 Å². The zero-order valence-corrected chi connectivity index (χ0v) is 19.4. The van der Waals surface area contributed by atoms with E-state index in [0.717, 1.165) is 50.2 Å². The number of halogens is 1. The standard InChI is InChI=1S/C29H24FN3O2/c1-15-11-26(31)33-16(2)25(15)14-32-29(34)19-6-10-22-24(13-19)28-23-12-18(5-9-21(23)27(22)35-28)17-3-7-20(30)8-4-17/h3-13,27-28H,14H2,1-2H3,(H2,31,33)(H,32,34). The van der Waals surface area contributed by atoms with E-state index in [1.54, 1.807) is 12.1 Å². The molecule has 35 heavy (non-hydrogen) atoms. The Bertz CT molecular complexity index is 1470. The van der Waals surface area contributed by atoms with Crippen molar-refractivity contribution in [2.45, 2.75) is 32.6 Å². The van der Waals surface area contributed by atoms with Crippen LogP contribution in [-0.4, -0.2) is 10.9 Å². The van der Waals surface area contributed by atoms with E-state index in [9.17, 15) is 9.18 Å². The summed E-state index contributed by atoms with van der Waals surface area (Å²) in [6, 6.07) is 20.3. The van der Waals surface area contributed by atoms with Gasteiger partial charge in [0.15, 0.2) is 0 Å². The number of benzene rings is 3. The minimum Gasteiger partial charge on any atom is -0.384 e. The Hall–Kier alpha value is -4.03. The molecular weight excluding hydrogens is 441 g/mol. The molecule has 6 heteroatoms. The second-order valence-electron chi connectivity index (χ2n) is 9.20. The molecule has 3 N–H and O–H groups in total. The van der Waals surface area contributed by atoms with E-state index in [0.29, 0.717) is 17.9 Å². The van der Waals surface area contributed by atoms with E-state index in [2.05, 4.69) is 22.4 Å². The number of carbonyl (C=O) groups is 1. The molecular formula is C29H24FN3O2. The average Bonchev–Trinajstić information content (AvgIpc) is 3.40. The molecule has 0 saturated heterocycles. The topological polar surface area (TPSA) is 77.2 Å². The summed E-state index contributed by atoms with van der Waals surface area (Å²) in [5, 5.41) is 3.01. The fourth-order valence-electron chi connectivity index (χ4n) is 5.23. The number of hydrogen-bond donors (Lipinski definition) is 2. The molecule has 6 rings (SSSR count). The number of fused-ring (bicyclic) bond motifs is 8. The van der Waals surface area contributed by atoms with Gasteiger partial charge in [0.05, 0.1) is 0 Å². The summed E-state index contributed by atoms with van der Waals surface area (Å²) in [5.41, 5.74) is 15.5. The first-order valence-electron chi connectivity index (χ1n) is 11.6. The lowest BCUT2D eigenvalue weighted by Crippen LogP contribution is -2.24. The molecule has 0 fully saturated rings. The molecule has 2 bridgehead atoms. The lowest BCUT2D eigenvalue weighted by Gasteiger charge is -2.18. The molecule has 1 aromatic heterocycles. The Balaban J connectivity index is 1.26. The molecule has 3 aromatic carbocycles. The molecule has 2 atom stereocenters. The van der Waals surface area contributed by atoms with E-state index in [4.69, 9.17) is 10.5 Å². The third-order valence-electron chi connectivity index (χ3n) is 7.02. The van der Waals surface area contributed by atoms with Gasteiger partial charge in [0, 0.05) is 17.8 Å². The number of carbonyl (C=O) groups excluding carboxylic acids is 1. The number of anilines is 1. The molecule has 174 valence electrons. The number of hydrogen-bond acceptors (Lipinski definition) is 4. The van der Waals surface area contributed by atoms with Crippen molar-refractivity contribution in [1.29, 1.82) is 0 Å². The number of pyridine rings is 1. The largest absolute Gasteiger partial charge is 0.384 e. The fourth-order valence-corrected chi connectivity index (χ4v) is 5.23. The summed E-state index contributed by atoms with van der Waals surface area (Å²) in [7, 11) is 0. The van der Waals surface area contributed by atoms with Crippen LogP contribution in [0.2, 0.25) is 0 Å². The number of aromatic nitrogens is 1. The van der Waals surface area contributed by atoms with E-state index in [1.165, 1.54) is 12.1 Å². The van der Waals surface area contributed by atoms with Crippen molar-refractivity contribution in [3.63, 3.8) is 0 Å². The van der Waals surface area contributed by atoms with Gasteiger partial charge < -0.3 is 15.8 Å². The van der Waals surface area contributed by atoms with Crippen molar-refractivity contribution in [2.75, 3.05) is 5.73 Å². The molecule has 0 aliphatic carbocycles. The van der Waals surface area contributed by atoms with E-state index >= 15 is 0 Å². The highest BCUT2D eigenvalue weighted by atomic mass is 19.1. The SMILES string of the molecule is Cc1cc(N)nc(C)c1CNC(=O)c1ccc2c(c1)C1OC2c2ccc(-c3ccc(F)cc3)cc21. The number of ether oxygens (including phenoxy) is 1. The predicted molar refractivity (Wildman–Crippen MR) is 132 cm³/mol. The molecule has 2 unspecified atom stereocenters. The zero-order valence-electron chi connectivity index (χ0n) is 19.4. The average molecular weight is 466 g/mol. The summed E-state index contributed by atoms with van der Waals surface area (Å²) in [6.45, 7) is 4.24. The third-order valence-corrected chi connectivity index (χ3v) is 7.02. The van der Waals surface area contributed by atoms with Crippen LogP contribution in [0.3, 0.4) is 0 Å². The highest BCUT2D eigenvalue weighted by Crippen LogP contribution is 2.54. The molecule has 3 heterocycles. The van der Waals surface area contributed by atoms with Crippen LogP contribution in [0, 0.1) is 19.7 Å². The number of nitrogens with one attached hydrogen (secondary N) is 1. The van der Waals surface area contributed by atoms with Gasteiger partial charge in [0.2, 0.25) is 0 Å². The van der Waals surface area contributed by atoms with Crippen LogP contribution in [0.15, 0.2) is 66.7 Å². The summed E-state index contributed by atoms with van der Waals surface area (Å²) in [4.78, 5) is 17.3. The lowest BCUT2D eigenvalue weighted by molar-refractivity contribution is 0.0857. The van der Waals surface area contributed by atoms with Crippen LogP contribution in [-0.2, 0) is 11.3 Å². The molecule has 2 aliphatic heterocycles. The first-order chi connectivity index (χ1) is 16.9. The Kier molecular flexibility index (Phi) is 4.93. The first kappa shape index (κ1) is 21.5. The monoisotopic (exact) mass is 465 g/mol. The fraction of sp³-hybridized carbons (Fsp3) is 0.172. The number of amides is 1. The maximum Gasteiger partial charge on any atom is 0.251 e. The molecule has 4 aromatic rings. The van der Waals surface area contributed by atoms with Crippen LogP contribution in [0.5, 0.6) is 0 Å². The van der Waals surface area contributed by atoms with Crippen molar-refractivity contribution in [1.82, 2.24) is 10.3 Å². The number of nitrogens with zero attached hydrogens (tertiary/aromatic N) is 1. The lowest BCUT2D eigenvalue weighted by atomic mass is 9.84. The Morgan fingerprint density at radius 3 is 2.31 bits per heavy atom. The number of rotatable bonds is 4. The van der Waals surface area contributed by atoms with Gasteiger partial charge in [-0.05, 0) is 94.8 Å². The summed E-state index contributed by atoms with van der Waals surface area (Å²) >= 11 is 0. The minimum atomic E-state index is -0.255. The smallest absolute Gasteiger partial charge is 0.251 e. The number of nitrogens with two attached hydrogens (primary N) is 1. The van der Waals surface area contributed by atoms with Gasteiger partial charge in [0.1, 0.15) is 23.8 Å². The summed E-state index contributed by atoms with van der Waals surface area (Å²) in [6.07, 6.45) is -0.348. The van der Waals surface area contributed by atoms with Gasteiger partial charge in [-0.3, -0.25) is 4.79 Å². The van der Waals surface area contributed by atoms with Gasteiger partial charge in [-0.2, -0.15) is 0 Å². The van der Waals surface area contributed by atoms with Crippen molar-refractivity contribution in [2.24, 2.45) is 0 Å². The van der Waals surface area contributed by atoms with Crippen LogP contribution in [0.1, 0.15) is 61.6 Å². The maximum atomic E-state index is 13.4. The summed E-state index contributed by atoms with van der Waals surface area (Å²) in [5.74, 6) is 0.0770. The van der Waals surface area contributed by atoms with Gasteiger partial charge in [-0.15, -0.1) is 0 Å². The Morgan fingerprint density at radius 1 is 0.914 bits per heavy atom. The van der Waals surface area contributed by atoms with Crippen molar-refractivity contribution in [3.8, 4) is 11.1 Å². The molecule has 0 spiro atoms. The molecule has 5 nitrogen and oxygen atoms in total. The highest BCUT2D eigenvalue weighted by Gasteiger charge is 2.43. The quantitative estimate of drug-likeness (QED) is 0.415. The first-order valence-corrected chi connectivity index (χ1v) is 11.6. The number of aryl methyl sites for hydroxylation is 2. The molecule has 1 amide bonds. The Morgan fingerprint density at radius 2 is 1.57 bits per heavy atom. The zero-order chi connectivity index (χ0) is 24.3. The van der Waals surface area contributed by atoms with Crippen molar-refractivity contribution < 1.29 is 13.9 Å². The van der Waals surface area contributed by atoms with E-state index < -0.39 is 0 Å². The number of nitrogen functional groups attached to an aromatic ring is 1. The minimum absolute atomic E-state index is 0.129. The summed E-state index contributed by atoms with van der Waals surface area (Å²) < 4.78 is 19.7. The highest BCUT2D eigenvalue weighted by molar-refractivity contribution is 5.94. The van der Waals surface area contributed by atoms with Crippen molar-refractivity contribution in [3.05, 3.63) is 117 Å². The van der Waals surface area contributed by atoms with Crippen LogP contribution < -0.4 is 11.1 Å². The van der Waals surface area contributed by atoms with E-state index in [1.807, 2.05) is 44.2 Å². The van der Waals surface area contributed by atoms with E-state index in [-0.39, 0.29) is 23.9 Å². The molecule has 2 aliphatic rings.